The molecule has 5 nitrogen and oxygen atoms in total. The quantitative estimate of drug-likeness (QED) is 0.212. The number of methoxy groups -OCH3 is 1. The largest absolute Gasteiger partial charge is 0.466 e. The fourth-order valence-electron chi connectivity index (χ4n) is 3.72. The molecule has 1 aromatic carbocycles. The first-order chi connectivity index (χ1) is 15.6. The Morgan fingerprint density at radius 1 is 1.12 bits per heavy atom. The third-order valence-corrected chi connectivity index (χ3v) is 7.14. The lowest BCUT2D eigenvalue weighted by Crippen LogP contribution is -2.25. The Balaban J connectivity index is 2.47. The summed E-state index contributed by atoms with van der Waals surface area (Å²) < 4.78 is 17.0. The zero-order valence-corrected chi connectivity index (χ0v) is 21.5. The van der Waals surface area contributed by atoms with Crippen molar-refractivity contribution < 1.29 is 23.6 Å². The summed E-state index contributed by atoms with van der Waals surface area (Å²) in [5, 5.41) is 9.99. The summed E-state index contributed by atoms with van der Waals surface area (Å²) in [6, 6.07) is 9.16. The molecule has 1 N–H and O–H groups in total. The molecule has 0 fully saturated rings. The maximum absolute atomic E-state index is 12.8. The molecule has 4 atom stereocenters. The van der Waals surface area contributed by atoms with Gasteiger partial charge in [0.2, 0.25) is 0 Å². The average molecular weight is 477 g/mol. The van der Waals surface area contributed by atoms with Crippen LogP contribution < -0.4 is 0 Å². The number of hydrogen-bond donors (Lipinski definition) is 1. The zero-order valence-electron chi connectivity index (χ0n) is 20.7. The summed E-state index contributed by atoms with van der Waals surface area (Å²) in [6.07, 6.45) is 8.29. The van der Waals surface area contributed by atoms with Crippen molar-refractivity contribution in [1.82, 2.24) is 0 Å². The van der Waals surface area contributed by atoms with Gasteiger partial charge in [-0.15, -0.1) is 0 Å². The summed E-state index contributed by atoms with van der Waals surface area (Å²) in [7, 11) is 0.00664. The van der Waals surface area contributed by atoms with Crippen molar-refractivity contribution in [2.45, 2.75) is 70.8 Å². The van der Waals surface area contributed by atoms with E-state index >= 15 is 0 Å². The number of aliphatic hydroxyl groups is 1. The van der Waals surface area contributed by atoms with Crippen LogP contribution in [0.5, 0.6) is 0 Å². The van der Waals surface area contributed by atoms with E-state index in [1.54, 1.807) is 12.1 Å². The van der Waals surface area contributed by atoms with Gasteiger partial charge in [-0.3, -0.25) is 9.00 Å². The molecule has 1 rings (SSSR count). The summed E-state index contributed by atoms with van der Waals surface area (Å²) in [6.45, 7) is 8.27. The van der Waals surface area contributed by atoms with Crippen molar-refractivity contribution in [2.24, 2.45) is 17.8 Å². The highest BCUT2D eigenvalue weighted by atomic mass is 32.2. The molecule has 0 saturated carbocycles. The number of aliphatic hydroxyl groups excluding tert-OH is 1. The fourth-order valence-corrected chi connectivity index (χ4v) is 4.82. The number of hydrogen-bond acceptors (Lipinski definition) is 5. The van der Waals surface area contributed by atoms with Crippen molar-refractivity contribution in [3.63, 3.8) is 0 Å². The lowest BCUT2D eigenvalue weighted by atomic mass is 9.86. The number of esters is 1. The van der Waals surface area contributed by atoms with Gasteiger partial charge in [0, 0.05) is 16.9 Å². The molecule has 0 amide bonds. The smallest absolute Gasteiger partial charge is 0.330 e. The molecular formula is C27H40O5S. The molecule has 0 aliphatic carbocycles. The molecule has 0 spiro atoms. The zero-order chi connectivity index (χ0) is 24.8. The van der Waals surface area contributed by atoms with Crippen LogP contribution in [0.15, 0.2) is 59.0 Å². The summed E-state index contributed by atoms with van der Waals surface area (Å²) >= 11 is 0. The van der Waals surface area contributed by atoms with E-state index in [2.05, 4.69) is 38.5 Å². The van der Waals surface area contributed by atoms with Crippen LogP contribution in [-0.4, -0.2) is 40.0 Å². The van der Waals surface area contributed by atoms with E-state index in [0.29, 0.717) is 17.2 Å². The van der Waals surface area contributed by atoms with E-state index in [1.807, 2.05) is 18.2 Å². The highest BCUT2D eigenvalue weighted by Gasteiger charge is 2.24. The third kappa shape index (κ3) is 12.1. The molecule has 33 heavy (non-hydrogen) atoms. The number of Topliss-reactive ketones (excluding diaryl/α,β-unsaturated/α-hetero) is 1. The van der Waals surface area contributed by atoms with Gasteiger partial charge < -0.3 is 9.84 Å². The van der Waals surface area contributed by atoms with Gasteiger partial charge >= 0.3 is 5.97 Å². The predicted molar refractivity (Wildman–Crippen MR) is 134 cm³/mol. The molecule has 0 radical (unpaired) electrons. The maximum Gasteiger partial charge on any atom is 0.330 e. The van der Waals surface area contributed by atoms with Gasteiger partial charge in [-0.05, 0) is 69.1 Å². The molecule has 0 saturated heterocycles. The van der Waals surface area contributed by atoms with Crippen molar-refractivity contribution >= 4 is 22.6 Å². The molecule has 0 aliphatic rings. The first-order valence-corrected chi connectivity index (χ1v) is 13.0. The normalized spacial score (nSPS) is 15.9. The molecule has 0 heterocycles. The summed E-state index contributed by atoms with van der Waals surface area (Å²) in [4.78, 5) is 24.6. The van der Waals surface area contributed by atoms with Crippen molar-refractivity contribution in [3.05, 3.63) is 54.1 Å². The minimum absolute atomic E-state index is 0.0693. The summed E-state index contributed by atoms with van der Waals surface area (Å²) in [5.41, 5.74) is 1.25. The first kappa shape index (κ1) is 29.0. The Morgan fingerprint density at radius 3 is 2.39 bits per heavy atom. The number of carbonyl (C=O) groups is 2. The van der Waals surface area contributed by atoms with E-state index in [9.17, 15) is 18.9 Å². The Bertz CT molecular complexity index is 813. The molecule has 0 aliphatic heterocycles. The molecule has 0 bridgehead atoms. The SMILES string of the molecule is COC(=O)/C=C/C(O)C[C@@H](C)CC/C=C(\C)CC[C@H](C(=O)CS(=O)c1ccccc1)C(C)C. The van der Waals surface area contributed by atoms with Crippen LogP contribution in [0.1, 0.15) is 59.8 Å². The Hall–Kier alpha value is -2.05. The lowest BCUT2D eigenvalue weighted by Gasteiger charge is -2.20. The molecule has 184 valence electrons. The lowest BCUT2D eigenvalue weighted by molar-refractivity contribution is -0.134. The maximum atomic E-state index is 12.8. The van der Waals surface area contributed by atoms with E-state index in [4.69, 9.17) is 0 Å². The number of ether oxygens (including phenoxy) is 1. The van der Waals surface area contributed by atoms with Crippen LogP contribution in [0.3, 0.4) is 0 Å². The number of carbonyl (C=O) groups excluding carboxylic acids is 2. The number of ketones is 1. The second kappa shape index (κ2) is 15.7. The Morgan fingerprint density at radius 2 is 1.79 bits per heavy atom. The topological polar surface area (TPSA) is 80.7 Å². The number of rotatable bonds is 15. The Labute approximate surface area is 201 Å². The highest BCUT2D eigenvalue weighted by molar-refractivity contribution is 7.85. The predicted octanol–water partition coefficient (Wildman–Crippen LogP) is 5.26. The standard InChI is InChI=1S/C27H40O5S/c1-20(2)25(26(29)19-33(31)24-12-7-6-8-13-24)16-14-21(3)10-9-11-22(4)18-23(28)15-17-27(30)32-5/h6-8,10,12-13,15,17,20,22-23,25,28H,9,11,14,16,18-19H2,1-5H3/b17-15+,21-10+/t22-,23?,25-,33?/m0/s1. The molecule has 1 aromatic rings. The molecule has 6 heteroatoms. The fraction of sp³-hybridized carbons (Fsp3) is 0.556. The minimum atomic E-state index is -1.30. The van der Waals surface area contributed by atoms with Crippen LogP contribution in [0, 0.1) is 17.8 Å². The summed E-state index contributed by atoms with van der Waals surface area (Å²) in [5.74, 6) is 0.0887. The number of benzene rings is 1. The average Bonchev–Trinajstić information content (AvgIpc) is 2.77. The van der Waals surface area contributed by atoms with E-state index in [1.165, 1.54) is 24.8 Å². The number of allylic oxidation sites excluding steroid dienone is 2. The van der Waals surface area contributed by atoms with Crippen molar-refractivity contribution in [1.29, 1.82) is 0 Å². The first-order valence-electron chi connectivity index (χ1n) is 11.7. The minimum Gasteiger partial charge on any atom is -0.466 e. The second-order valence-electron chi connectivity index (χ2n) is 9.08. The van der Waals surface area contributed by atoms with E-state index in [-0.39, 0.29) is 23.4 Å². The van der Waals surface area contributed by atoms with Crippen LogP contribution >= 0.6 is 0 Å². The monoisotopic (exact) mass is 476 g/mol. The van der Waals surface area contributed by atoms with Gasteiger partial charge in [0.25, 0.3) is 0 Å². The molecular weight excluding hydrogens is 436 g/mol. The van der Waals surface area contributed by atoms with Crippen LogP contribution in [-0.2, 0) is 25.1 Å². The highest BCUT2D eigenvalue weighted by Crippen LogP contribution is 2.23. The van der Waals surface area contributed by atoms with Crippen LogP contribution in [0.4, 0.5) is 0 Å². The van der Waals surface area contributed by atoms with Gasteiger partial charge in [0.15, 0.2) is 0 Å². The third-order valence-electron chi connectivity index (χ3n) is 5.80. The second-order valence-corrected chi connectivity index (χ2v) is 10.5. The van der Waals surface area contributed by atoms with Gasteiger partial charge in [0.05, 0.1) is 29.8 Å². The van der Waals surface area contributed by atoms with Crippen molar-refractivity contribution in [3.8, 4) is 0 Å². The molecule has 2 unspecified atom stereocenters. The van der Waals surface area contributed by atoms with E-state index in [0.717, 1.165) is 25.7 Å². The van der Waals surface area contributed by atoms with Crippen molar-refractivity contribution in [2.75, 3.05) is 12.9 Å². The van der Waals surface area contributed by atoms with Gasteiger partial charge in [-0.25, -0.2) is 4.79 Å². The Kier molecular flexibility index (Phi) is 13.8. The van der Waals surface area contributed by atoms with Crippen LogP contribution in [0.25, 0.3) is 0 Å². The molecule has 0 aromatic heterocycles. The van der Waals surface area contributed by atoms with Gasteiger partial charge in [0.1, 0.15) is 5.78 Å². The van der Waals surface area contributed by atoms with Gasteiger partial charge in [-0.1, -0.05) is 50.6 Å². The van der Waals surface area contributed by atoms with E-state index < -0.39 is 22.9 Å². The van der Waals surface area contributed by atoms with Gasteiger partial charge in [-0.2, -0.15) is 0 Å². The van der Waals surface area contributed by atoms with Crippen LogP contribution in [0.2, 0.25) is 0 Å².